The zero-order valence-electron chi connectivity index (χ0n) is 14.9. The summed E-state index contributed by atoms with van der Waals surface area (Å²) in [5.41, 5.74) is 0.427. The van der Waals surface area contributed by atoms with Gasteiger partial charge in [0.05, 0.1) is 11.5 Å². The van der Waals surface area contributed by atoms with Gasteiger partial charge in [-0.3, -0.25) is 4.79 Å². The van der Waals surface area contributed by atoms with E-state index in [0.29, 0.717) is 12.3 Å². The molecular formula is C19H27NO4. The normalized spacial score (nSPS) is 20.5. The number of benzene rings is 1. The summed E-state index contributed by atoms with van der Waals surface area (Å²) < 4.78 is 10.8. The molecule has 1 unspecified atom stereocenters. The van der Waals surface area contributed by atoms with E-state index in [4.69, 9.17) is 9.47 Å². The largest absolute Gasteiger partial charge is 0.460 e. The first-order valence-corrected chi connectivity index (χ1v) is 8.46. The molecule has 5 nitrogen and oxygen atoms in total. The van der Waals surface area contributed by atoms with E-state index in [1.807, 2.05) is 44.2 Å². The number of alkyl carbamates (subject to hydrolysis) is 1. The number of rotatable bonds is 6. The maximum absolute atomic E-state index is 12.1. The zero-order chi connectivity index (χ0) is 17.7. The van der Waals surface area contributed by atoms with Crippen molar-refractivity contribution < 1.29 is 19.1 Å². The molecule has 0 bridgehead atoms. The van der Waals surface area contributed by atoms with Crippen molar-refractivity contribution in [3.05, 3.63) is 35.9 Å². The zero-order valence-corrected chi connectivity index (χ0v) is 14.9. The minimum Gasteiger partial charge on any atom is -0.460 e. The predicted octanol–water partition coefficient (Wildman–Crippen LogP) is 3.67. The Balaban J connectivity index is 1.93. The summed E-state index contributed by atoms with van der Waals surface area (Å²) in [6.07, 6.45) is 0.542. The lowest BCUT2D eigenvalue weighted by atomic mass is 9.86. The van der Waals surface area contributed by atoms with Crippen LogP contribution in [0.4, 0.5) is 4.79 Å². The van der Waals surface area contributed by atoms with Crippen molar-refractivity contribution in [2.24, 2.45) is 11.3 Å². The number of ether oxygens (including phenoxy) is 2. The summed E-state index contributed by atoms with van der Waals surface area (Å²) in [5, 5.41) is 2.88. The molecule has 1 aliphatic heterocycles. The molecule has 0 saturated carbocycles. The fourth-order valence-corrected chi connectivity index (χ4v) is 2.88. The topological polar surface area (TPSA) is 64.6 Å². The fraction of sp³-hybridized carbons (Fsp3) is 0.579. The Morgan fingerprint density at radius 3 is 2.54 bits per heavy atom. The van der Waals surface area contributed by atoms with E-state index in [2.05, 4.69) is 19.2 Å². The molecule has 5 heteroatoms. The average Bonchev–Trinajstić information content (AvgIpc) is 2.79. The molecule has 1 N–H and O–H groups in total. The predicted molar refractivity (Wildman–Crippen MR) is 91.3 cm³/mol. The number of esters is 1. The van der Waals surface area contributed by atoms with Gasteiger partial charge in [-0.1, -0.05) is 44.2 Å². The Hall–Kier alpha value is -2.04. The van der Waals surface area contributed by atoms with Crippen molar-refractivity contribution in [2.45, 2.75) is 59.3 Å². The molecule has 1 amide bonds. The Bertz CT molecular complexity index is 568. The highest BCUT2D eigenvalue weighted by atomic mass is 16.6. The molecule has 0 aliphatic carbocycles. The van der Waals surface area contributed by atoms with Crippen molar-refractivity contribution in [1.82, 2.24) is 5.32 Å². The van der Waals surface area contributed by atoms with Crippen LogP contribution in [0.15, 0.2) is 30.3 Å². The molecule has 1 aromatic rings. The van der Waals surface area contributed by atoms with Crippen molar-refractivity contribution in [1.29, 1.82) is 0 Å². The number of hydrogen-bond donors (Lipinski definition) is 1. The molecule has 1 fully saturated rings. The highest BCUT2D eigenvalue weighted by Gasteiger charge is 2.45. The van der Waals surface area contributed by atoms with Crippen molar-refractivity contribution in [3.8, 4) is 0 Å². The third kappa shape index (κ3) is 4.98. The SMILES string of the molecule is CC(C)CC(NC(=O)OCc1ccccc1)[C@@H]1CC(C)(C)C(=O)O1. The second-order valence-electron chi connectivity index (χ2n) is 7.47. The van der Waals surface area contributed by atoms with Crippen molar-refractivity contribution in [2.75, 3.05) is 0 Å². The van der Waals surface area contributed by atoms with Crippen molar-refractivity contribution in [3.63, 3.8) is 0 Å². The summed E-state index contributed by atoms with van der Waals surface area (Å²) in [6.45, 7) is 8.11. The molecule has 132 valence electrons. The molecule has 1 aromatic carbocycles. The van der Waals surface area contributed by atoms with Gasteiger partial charge in [-0.15, -0.1) is 0 Å². The molecule has 24 heavy (non-hydrogen) atoms. The Morgan fingerprint density at radius 2 is 2.00 bits per heavy atom. The Labute approximate surface area is 143 Å². The molecule has 0 radical (unpaired) electrons. The van der Waals surface area contributed by atoms with Crippen LogP contribution in [0, 0.1) is 11.3 Å². The van der Waals surface area contributed by atoms with E-state index < -0.39 is 11.5 Å². The summed E-state index contributed by atoms with van der Waals surface area (Å²) >= 11 is 0. The molecule has 2 rings (SSSR count). The van der Waals surface area contributed by atoms with Gasteiger partial charge in [0.25, 0.3) is 0 Å². The smallest absolute Gasteiger partial charge is 0.407 e. The van der Waals surface area contributed by atoms with E-state index in [9.17, 15) is 9.59 Å². The Kier molecular flexibility index (Phi) is 5.86. The van der Waals surface area contributed by atoms with Gasteiger partial charge in [-0.2, -0.15) is 0 Å². The average molecular weight is 333 g/mol. The summed E-state index contributed by atoms with van der Waals surface area (Å²) in [7, 11) is 0. The standard InChI is InChI=1S/C19H27NO4/c1-13(2)10-15(16-11-19(3,4)17(21)24-16)20-18(22)23-12-14-8-6-5-7-9-14/h5-9,13,15-16H,10-12H2,1-4H3,(H,20,22)/t15?,16-/m0/s1. The minimum atomic E-state index is -0.504. The van der Waals surface area contributed by atoms with Crippen LogP contribution < -0.4 is 5.32 Å². The molecule has 2 atom stereocenters. The van der Waals surface area contributed by atoms with E-state index >= 15 is 0 Å². The lowest BCUT2D eigenvalue weighted by Gasteiger charge is -2.25. The van der Waals surface area contributed by atoms with E-state index in [0.717, 1.165) is 12.0 Å². The molecule has 0 aromatic heterocycles. The van der Waals surface area contributed by atoms with Gasteiger partial charge in [0, 0.05) is 6.42 Å². The van der Waals surface area contributed by atoms with Crippen LogP contribution in [0.25, 0.3) is 0 Å². The highest BCUT2D eigenvalue weighted by molar-refractivity contribution is 5.78. The molecule has 0 spiro atoms. The van der Waals surface area contributed by atoms with Crippen LogP contribution in [0.1, 0.15) is 46.1 Å². The summed E-state index contributed by atoms with van der Waals surface area (Å²) in [4.78, 5) is 24.1. The second kappa shape index (κ2) is 7.69. The lowest BCUT2D eigenvalue weighted by Crippen LogP contribution is -2.44. The maximum atomic E-state index is 12.1. The van der Waals surface area contributed by atoms with E-state index in [-0.39, 0.29) is 24.7 Å². The fourth-order valence-electron chi connectivity index (χ4n) is 2.88. The van der Waals surface area contributed by atoms with E-state index in [1.54, 1.807) is 0 Å². The van der Waals surface area contributed by atoms with Gasteiger partial charge >= 0.3 is 12.1 Å². The summed E-state index contributed by atoms with van der Waals surface area (Å²) in [6, 6.07) is 9.29. The van der Waals surface area contributed by atoms with Gasteiger partial charge < -0.3 is 14.8 Å². The van der Waals surface area contributed by atoms with Crippen LogP contribution in [0.5, 0.6) is 0 Å². The molecular weight excluding hydrogens is 306 g/mol. The monoisotopic (exact) mass is 333 g/mol. The lowest BCUT2D eigenvalue weighted by molar-refractivity contribution is -0.148. The Morgan fingerprint density at radius 1 is 1.33 bits per heavy atom. The van der Waals surface area contributed by atoms with Gasteiger partial charge in [-0.05, 0) is 31.7 Å². The van der Waals surface area contributed by atoms with Crippen LogP contribution >= 0.6 is 0 Å². The number of carbonyl (C=O) groups is 2. The minimum absolute atomic E-state index is 0.208. The van der Waals surface area contributed by atoms with Crippen LogP contribution in [-0.4, -0.2) is 24.2 Å². The van der Waals surface area contributed by atoms with Gasteiger partial charge in [0.15, 0.2) is 0 Å². The number of carbonyl (C=O) groups excluding carboxylic acids is 2. The van der Waals surface area contributed by atoms with Gasteiger partial charge in [0.2, 0.25) is 0 Å². The first kappa shape index (κ1) is 18.3. The number of nitrogens with one attached hydrogen (secondary N) is 1. The maximum Gasteiger partial charge on any atom is 0.407 e. The molecule has 1 heterocycles. The molecule has 1 saturated heterocycles. The summed E-state index contributed by atoms with van der Waals surface area (Å²) in [5.74, 6) is 0.160. The third-order valence-corrected chi connectivity index (χ3v) is 4.21. The number of cyclic esters (lactones) is 1. The second-order valence-corrected chi connectivity index (χ2v) is 7.47. The first-order chi connectivity index (χ1) is 11.3. The van der Waals surface area contributed by atoms with Crippen LogP contribution in [0.3, 0.4) is 0 Å². The van der Waals surface area contributed by atoms with Crippen LogP contribution in [-0.2, 0) is 20.9 Å². The van der Waals surface area contributed by atoms with E-state index in [1.165, 1.54) is 0 Å². The third-order valence-electron chi connectivity index (χ3n) is 4.21. The first-order valence-electron chi connectivity index (χ1n) is 8.46. The number of hydrogen-bond acceptors (Lipinski definition) is 4. The number of amides is 1. The molecule has 1 aliphatic rings. The van der Waals surface area contributed by atoms with Crippen molar-refractivity contribution >= 4 is 12.1 Å². The van der Waals surface area contributed by atoms with Gasteiger partial charge in [-0.25, -0.2) is 4.79 Å². The highest BCUT2D eigenvalue weighted by Crippen LogP contribution is 2.35. The van der Waals surface area contributed by atoms with Crippen LogP contribution in [0.2, 0.25) is 0 Å². The van der Waals surface area contributed by atoms with Gasteiger partial charge in [0.1, 0.15) is 12.7 Å². The quantitative estimate of drug-likeness (QED) is 0.807.